The second-order valence-corrected chi connectivity index (χ2v) is 7.21. The van der Waals surface area contributed by atoms with E-state index in [2.05, 4.69) is 71.6 Å². The van der Waals surface area contributed by atoms with Crippen LogP contribution in [0.15, 0.2) is 78.9 Å². The van der Waals surface area contributed by atoms with Crippen LogP contribution in [0, 0.1) is 0 Å². The molecule has 0 saturated carbocycles. The number of esters is 1. The van der Waals surface area contributed by atoms with Crippen LogP contribution in [0.1, 0.15) is 23.6 Å². The maximum absolute atomic E-state index is 12.6. The summed E-state index contributed by atoms with van der Waals surface area (Å²) in [4.78, 5) is 14.8. The molecule has 0 radical (unpaired) electrons. The van der Waals surface area contributed by atoms with Crippen LogP contribution in [0.2, 0.25) is 0 Å². The van der Waals surface area contributed by atoms with Crippen LogP contribution in [0.3, 0.4) is 0 Å². The van der Waals surface area contributed by atoms with Crippen molar-refractivity contribution in [3.63, 3.8) is 0 Å². The molecule has 3 heteroatoms. The average Bonchev–Trinajstić information content (AvgIpc) is 2.74. The van der Waals surface area contributed by atoms with Gasteiger partial charge in [0.25, 0.3) is 0 Å². The van der Waals surface area contributed by atoms with Crippen LogP contribution in [-0.4, -0.2) is 23.5 Å². The fraction of sp³-hybridized carbons (Fsp3) is 0.240. The molecule has 1 aliphatic heterocycles. The highest BCUT2D eigenvalue weighted by Crippen LogP contribution is 2.26. The van der Waals surface area contributed by atoms with E-state index < -0.39 is 0 Å². The average molecular weight is 371 g/mol. The first-order valence-corrected chi connectivity index (χ1v) is 9.86. The normalized spacial score (nSPS) is 16.4. The van der Waals surface area contributed by atoms with Gasteiger partial charge in [0.1, 0.15) is 6.04 Å². The van der Waals surface area contributed by atoms with Crippen LogP contribution < -0.4 is 0 Å². The predicted molar refractivity (Wildman–Crippen MR) is 112 cm³/mol. The summed E-state index contributed by atoms with van der Waals surface area (Å²) in [7, 11) is 0. The van der Waals surface area contributed by atoms with Crippen molar-refractivity contribution in [1.29, 1.82) is 0 Å². The van der Waals surface area contributed by atoms with Crippen molar-refractivity contribution in [2.24, 2.45) is 0 Å². The van der Waals surface area contributed by atoms with Crippen LogP contribution in [0.5, 0.6) is 0 Å². The number of benzene rings is 3. The first-order chi connectivity index (χ1) is 13.7. The van der Waals surface area contributed by atoms with Gasteiger partial charge >= 0.3 is 5.97 Å². The molecule has 1 heterocycles. The van der Waals surface area contributed by atoms with Crippen molar-refractivity contribution in [3.8, 4) is 11.1 Å². The number of carbonyl (C=O) groups excluding carboxylic acids is 1. The summed E-state index contributed by atoms with van der Waals surface area (Å²) in [6.07, 6.45) is 0.705. The van der Waals surface area contributed by atoms with Gasteiger partial charge in [-0.2, -0.15) is 0 Å². The van der Waals surface area contributed by atoms with Crippen LogP contribution >= 0.6 is 0 Å². The Kier molecular flexibility index (Phi) is 5.54. The van der Waals surface area contributed by atoms with Gasteiger partial charge < -0.3 is 4.74 Å². The minimum atomic E-state index is -0.233. The van der Waals surface area contributed by atoms with Crippen molar-refractivity contribution in [3.05, 3.63) is 95.6 Å². The lowest BCUT2D eigenvalue weighted by atomic mass is 9.93. The maximum Gasteiger partial charge on any atom is 0.323 e. The third kappa shape index (κ3) is 4.00. The number of rotatable bonds is 5. The van der Waals surface area contributed by atoms with Crippen molar-refractivity contribution < 1.29 is 9.53 Å². The summed E-state index contributed by atoms with van der Waals surface area (Å²) in [6, 6.07) is 27.1. The van der Waals surface area contributed by atoms with E-state index in [-0.39, 0.29) is 12.0 Å². The standard InChI is InChI=1S/C25H25NO2/c1-2-28-25(27)24-16-22-10-6-7-11-23(22)18-26(24)17-19-12-14-21(15-13-19)20-8-4-3-5-9-20/h3-15,24H,2,16-18H2,1H3/t24-/m1/s1. The van der Waals surface area contributed by atoms with Gasteiger partial charge in [-0.3, -0.25) is 9.69 Å². The molecular formula is C25H25NO2. The molecule has 0 aliphatic carbocycles. The third-order valence-corrected chi connectivity index (χ3v) is 5.35. The summed E-state index contributed by atoms with van der Waals surface area (Å²) in [5.74, 6) is -0.127. The molecule has 0 aromatic heterocycles. The Balaban J connectivity index is 1.55. The highest BCUT2D eigenvalue weighted by atomic mass is 16.5. The van der Waals surface area contributed by atoms with Crippen molar-refractivity contribution >= 4 is 5.97 Å². The molecule has 3 aromatic carbocycles. The van der Waals surface area contributed by atoms with Crippen LogP contribution in [0.4, 0.5) is 0 Å². The van der Waals surface area contributed by atoms with E-state index in [4.69, 9.17) is 4.74 Å². The maximum atomic E-state index is 12.6. The van der Waals surface area contributed by atoms with E-state index in [1.54, 1.807) is 0 Å². The zero-order valence-corrected chi connectivity index (χ0v) is 16.2. The molecule has 142 valence electrons. The van der Waals surface area contributed by atoms with Crippen molar-refractivity contribution in [1.82, 2.24) is 4.90 Å². The highest BCUT2D eigenvalue weighted by Gasteiger charge is 2.32. The molecule has 0 N–H and O–H groups in total. The molecule has 1 atom stereocenters. The van der Waals surface area contributed by atoms with E-state index in [0.717, 1.165) is 13.1 Å². The van der Waals surface area contributed by atoms with Gasteiger partial charge in [-0.25, -0.2) is 0 Å². The van der Waals surface area contributed by atoms with Gasteiger partial charge in [0, 0.05) is 13.1 Å². The zero-order chi connectivity index (χ0) is 19.3. The smallest absolute Gasteiger partial charge is 0.323 e. The third-order valence-electron chi connectivity index (χ3n) is 5.35. The molecule has 0 saturated heterocycles. The van der Waals surface area contributed by atoms with E-state index in [1.165, 1.54) is 27.8 Å². The van der Waals surface area contributed by atoms with Gasteiger partial charge in [0.2, 0.25) is 0 Å². The second-order valence-electron chi connectivity index (χ2n) is 7.21. The quantitative estimate of drug-likeness (QED) is 0.601. The van der Waals surface area contributed by atoms with E-state index in [1.807, 2.05) is 19.1 Å². The predicted octanol–water partition coefficient (Wildman–Crippen LogP) is 4.84. The Morgan fingerprint density at radius 3 is 2.25 bits per heavy atom. The van der Waals surface area contributed by atoms with E-state index >= 15 is 0 Å². The Labute approximate surface area is 166 Å². The lowest BCUT2D eigenvalue weighted by molar-refractivity contribution is -0.150. The summed E-state index contributed by atoms with van der Waals surface area (Å²) >= 11 is 0. The summed E-state index contributed by atoms with van der Waals surface area (Å²) in [6.45, 7) is 3.77. The molecule has 0 spiro atoms. The molecule has 0 bridgehead atoms. The molecule has 28 heavy (non-hydrogen) atoms. The minimum absolute atomic E-state index is 0.127. The lowest BCUT2D eigenvalue weighted by Crippen LogP contribution is -2.45. The topological polar surface area (TPSA) is 29.5 Å². The van der Waals surface area contributed by atoms with Crippen molar-refractivity contribution in [2.75, 3.05) is 6.61 Å². The molecule has 0 amide bonds. The molecule has 3 nitrogen and oxygen atoms in total. The Bertz CT molecular complexity index is 934. The minimum Gasteiger partial charge on any atom is -0.465 e. The number of hydrogen-bond acceptors (Lipinski definition) is 3. The first kappa shape index (κ1) is 18.5. The van der Waals surface area contributed by atoms with Crippen LogP contribution in [-0.2, 0) is 29.0 Å². The van der Waals surface area contributed by atoms with E-state index in [0.29, 0.717) is 13.0 Å². The second kappa shape index (κ2) is 8.41. The number of hydrogen-bond donors (Lipinski definition) is 0. The molecular weight excluding hydrogens is 346 g/mol. The summed E-state index contributed by atoms with van der Waals surface area (Å²) in [5, 5.41) is 0. The fourth-order valence-electron chi connectivity index (χ4n) is 3.88. The molecule has 0 unspecified atom stereocenters. The van der Waals surface area contributed by atoms with Gasteiger partial charge in [-0.05, 0) is 41.2 Å². The highest BCUT2D eigenvalue weighted by molar-refractivity contribution is 5.76. The summed E-state index contributed by atoms with van der Waals surface area (Å²) < 4.78 is 5.36. The van der Waals surface area contributed by atoms with Crippen molar-refractivity contribution in [2.45, 2.75) is 32.5 Å². The Morgan fingerprint density at radius 2 is 1.54 bits per heavy atom. The molecule has 0 fully saturated rings. The number of fused-ring (bicyclic) bond motifs is 1. The Hall–Kier alpha value is -2.91. The van der Waals surface area contributed by atoms with Crippen LogP contribution in [0.25, 0.3) is 11.1 Å². The molecule has 1 aliphatic rings. The number of nitrogens with zero attached hydrogens (tertiary/aromatic N) is 1. The SMILES string of the molecule is CCOC(=O)[C@H]1Cc2ccccc2CN1Cc1ccc(-c2ccccc2)cc1. The van der Waals surface area contributed by atoms with E-state index in [9.17, 15) is 4.79 Å². The van der Waals surface area contributed by atoms with Gasteiger partial charge in [-0.15, -0.1) is 0 Å². The molecule has 4 rings (SSSR count). The van der Waals surface area contributed by atoms with Gasteiger partial charge in [0.15, 0.2) is 0 Å². The number of carbonyl (C=O) groups is 1. The lowest BCUT2D eigenvalue weighted by Gasteiger charge is -2.35. The fourth-order valence-corrected chi connectivity index (χ4v) is 3.88. The first-order valence-electron chi connectivity index (χ1n) is 9.86. The molecule has 3 aromatic rings. The largest absolute Gasteiger partial charge is 0.465 e. The zero-order valence-electron chi connectivity index (χ0n) is 16.2. The van der Waals surface area contributed by atoms with Gasteiger partial charge in [-0.1, -0.05) is 78.9 Å². The van der Waals surface area contributed by atoms with Gasteiger partial charge in [0.05, 0.1) is 6.61 Å². The number of ether oxygens (including phenoxy) is 1. The summed E-state index contributed by atoms with van der Waals surface area (Å²) in [5.41, 5.74) is 6.16. The Morgan fingerprint density at radius 1 is 0.893 bits per heavy atom. The monoisotopic (exact) mass is 371 g/mol.